The highest BCUT2D eigenvalue weighted by Gasteiger charge is 2.13. The van der Waals surface area contributed by atoms with E-state index in [0.29, 0.717) is 23.5 Å². The Morgan fingerprint density at radius 1 is 0.926 bits per heavy atom. The molecular formula is C24H36O3. The molecule has 0 aromatic heterocycles. The van der Waals surface area contributed by atoms with Crippen molar-refractivity contribution in [2.75, 3.05) is 13.7 Å². The first-order valence-corrected chi connectivity index (χ1v) is 10.5. The van der Waals surface area contributed by atoms with Crippen LogP contribution in [0, 0.1) is 12.3 Å². The van der Waals surface area contributed by atoms with E-state index < -0.39 is 5.97 Å². The zero-order valence-electron chi connectivity index (χ0n) is 17.2. The number of carbonyl (C=O) groups is 1. The number of hydrogen-bond donors (Lipinski definition) is 0. The van der Waals surface area contributed by atoms with Crippen LogP contribution in [0.25, 0.3) is 0 Å². The number of terminal acetylenes is 1. The van der Waals surface area contributed by atoms with Crippen molar-refractivity contribution in [1.29, 1.82) is 0 Å². The SMILES string of the molecule is C#Cc1ccc(C(=O)OC)c(OCCCCCCCCCCCCCC)c1. The van der Waals surface area contributed by atoms with Crippen molar-refractivity contribution < 1.29 is 14.3 Å². The van der Waals surface area contributed by atoms with Gasteiger partial charge in [-0.3, -0.25) is 0 Å². The topological polar surface area (TPSA) is 35.5 Å². The predicted molar refractivity (Wildman–Crippen MR) is 112 cm³/mol. The molecule has 1 aromatic carbocycles. The summed E-state index contributed by atoms with van der Waals surface area (Å²) in [5.41, 5.74) is 1.13. The highest BCUT2D eigenvalue weighted by atomic mass is 16.5. The van der Waals surface area contributed by atoms with Crippen LogP contribution in [-0.2, 0) is 4.74 Å². The number of ether oxygens (including phenoxy) is 2. The van der Waals surface area contributed by atoms with Gasteiger partial charge in [-0.2, -0.15) is 0 Å². The number of benzene rings is 1. The van der Waals surface area contributed by atoms with E-state index in [-0.39, 0.29) is 0 Å². The molecule has 0 bridgehead atoms. The summed E-state index contributed by atoms with van der Waals surface area (Å²) in [6.07, 6.45) is 21.1. The number of esters is 1. The summed E-state index contributed by atoms with van der Waals surface area (Å²) in [4.78, 5) is 11.8. The maximum absolute atomic E-state index is 11.8. The number of unbranched alkanes of at least 4 members (excludes halogenated alkanes) is 11. The number of methoxy groups -OCH3 is 1. The van der Waals surface area contributed by atoms with Gasteiger partial charge in [-0.15, -0.1) is 6.42 Å². The summed E-state index contributed by atoms with van der Waals surface area (Å²) < 4.78 is 10.6. The van der Waals surface area contributed by atoms with Crippen molar-refractivity contribution in [2.45, 2.75) is 84.0 Å². The van der Waals surface area contributed by atoms with Crippen LogP contribution in [-0.4, -0.2) is 19.7 Å². The van der Waals surface area contributed by atoms with Crippen molar-refractivity contribution in [3.8, 4) is 18.1 Å². The van der Waals surface area contributed by atoms with E-state index in [0.717, 1.165) is 12.8 Å². The summed E-state index contributed by atoms with van der Waals surface area (Å²) >= 11 is 0. The lowest BCUT2D eigenvalue weighted by molar-refractivity contribution is 0.0596. The Morgan fingerprint density at radius 3 is 2.00 bits per heavy atom. The van der Waals surface area contributed by atoms with Crippen molar-refractivity contribution >= 4 is 5.97 Å². The Bertz CT molecular complexity index is 571. The van der Waals surface area contributed by atoms with Crippen molar-refractivity contribution in [3.63, 3.8) is 0 Å². The Labute approximate surface area is 165 Å². The fourth-order valence-electron chi connectivity index (χ4n) is 3.14. The predicted octanol–water partition coefficient (Wildman–Crippen LogP) is 6.53. The smallest absolute Gasteiger partial charge is 0.341 e. The van der Waals surface area contributed by atoms with Gasteiger partial charge in [-0.25, -0.2) is 4.79 Å². The largest absolute Gasteiger partial charge is 0.493 e. The first kappa shape index (κ1) is 23.1. The average Bonchev–Trinajstić information content (AvgIpc) is 2.70. The summed E-state index contributed by atoms with van der Waals surface area (Å²) in [6.45, 7) is 2.85. The molecule has 0 aliphatic carbocycles. The van der Waals surface area contributed by atoms with Crippen LogP contribution in [0.5, 0.6) is 5.75 Å². The normalized spacial score (nSPS) is 10.4. The second kappa shape index (κ2) is 15.1. The van der Waals surface area contributed by atoms with Crippen molar-refractivity contribution in [1.82, 2.24) is 0 Å². The van der Waals surface area contributed by atoms with Gasteiger partial charge in [0.2, 0.25) is 0 Å². The Hall–Kier alpha value is -1.95. The molecule has 0 saturated carbocycles. The molecule has 0 amide bonds. The molecule has 0 atom stereocenters. The minimum atomic E-state index is -0.400. The first-order chi connectivity index (χ1) is 13.2. The minimum Gasteiger partial charge on any atom is -0.493 e. The Balaban J connectivity index is 2.13. The molecule has 0 fully saturated rings. The summed E-state index contributed by atoms with van der Waals surface area (Å²) in [6, 6.07) is 5.12. The average molecular weight is 373 g/mol. The molecule has 1 aromatic rings. The van der Waals surface area contributed by atoms with Crippen LogP contribution in [0.2, 0.25) is 0 Å². The Morgan fingerprint density at radius 2 is 1.48 bits per heavy atom. The van der Waals surface area contributed by atoms with Crippen LogP contribution in [0.3, 0.4) is 0 Å². The van der Waals surface area contributed by atoms with Crippen LogP contribution < -0.4 is 4.74 Å². The molecule has 0 spiro atoms. The van der Waals surface area contributed by atoms with Gasteiger partial charge in [-0.1, -0.05) is 83.5 Å². The van der Waals surface area contributed by atoms with Gasteiger partial charge in [0.1, 0.15) is 11.3 Å². The fraction of sp³-hybridized carbons (Fsp3) is 0.625. The minimum absolute atomic E-state index is 0.400. The van der Waals surface area contributed by atoms with Gasteiger partial charge < -0.3 is 9.47 Å². The third kappa shape index (κ3) is 10.1. The molecule has 0 unspecified atom stereocenters. The van der Waals surface area contributed by atoms with Gasteiger partial charge in [0.25, 0.3) is 0 Å². The van der Waals surface area contributed by atoms with Gasteiger partial charge in [-0.05, 0) is 24.6 Å². The zero-order valence-corrected chi connectivity index (χ0v) is 17.2. The zero-order chi connectivity index (χ0) is 19.7. The molecule has 150 valence electrons. The van der Waals surface area contributed by atoms with Gasteiger partial charge in [0, 0.05) is 5.56 Å². The second-order valence-corrected chi connectivity index (χ2v) is 7.08. The third-order valence-electron chi connectivity index (χ3n) is 4.81. The molecule has 0 saturated heterocycles. The van der Waals surface area contributed by atoms with E-state index in [9.17, 15) is 4.79 Å². The second-order valence-electron chi connectivity index (χ2n) is 7.08. The number of rotatable bonds is 15. The molecule has 0 N–H and O–H groups in total. The maximum Gasteiger partial charge on any atom is 0.341 e. The summed E-state index contributed by atoms with van der Waals surface area (Å²) in [5, 5.41) is 0. The van der Waals surface area contributed by atoms with E-state index >= 15 is 0 Å². The maximum atomic E-state index is 11.8. The Kier molecular flexibility index (Phi) is 12.9. The van der Waals surface area contributed by atoms with E-state index in [4.69, 9.17) is 15.9 Å². The molecule has 0 aliphatic rings. The summed E-state index contributed by atoms with van der Waals surface area (Å²) in [7, 11) is 1.37. The first-order valence-electron chi connectivity index (χ1n) is 10.5. The quantitative estimate of drug-likeness (QED) is 0.199. The molecule has 0 heterocycles. The summed E-state index contributed by atoms with van der Waals surface area (Å²) in [5.74, 6) is 2.68. The molecule has 1 rings (SSSR count). The van der Waals surface area contributed by atoms with Gasteiger partial charge in [0.05, 0.1) is 13.7 Å². The fourth-order valence-corrected chi connectivity index (χ4v) is 3.14. The number of hydrogen-bond acceptors (Lipinski definition) is 3. The van der Waals surface area contributed by atoms with Gasteiger partial charge >= 0.3 is 5.97 Å². The van der Waals surface area contributed by atoms with E-state index in [1.54, 1.807) is 18.2 Å². The van der Waals surface area contributed by atoms with Crippen LogP contribution >= 0.6 is 0 Å². The molecule has 0 aliphatic heterocycles. The molecular weight excluding hydrogens is 336 g/mol. The van der Waals surface area contributed by atoms with E-state index in [1.807, 2.05) is 0 Å². The highest BCUT2D eigenvalue weighted by Crippen LogP contribution is 2.22. The lowest BCUT2D eigenvalue weighted by Crippen LogP contribution is -2.07. The molecule has 3 nitrogen and oxygen atoms in total. The van der Waals surface area contributed by atoms with Crippen molar-refractivity contribution in [2.24, 2.45) is 0 Å². The van der Waals surface area contributed by atoms with Crippen LogP contribution in [0.1, 0.15) is 99.9 Å². The monoisotopic (exact) mass is 372 g/mol. The standard InChI is InChI=1S/C24H36O3/c1-4-6-7-8-9-10-11-12-13-14-15-16-19-27-23-20-21(5-2)17-18-22(23)24(25)26-3/h2,17-18,20H,4,6-16,19H2,1,3H3. The lowest BCUT2D eigenvalue weighted by Gasteiger charge is -2.11. The van der Waals surface area contributed by atoms with E-state index in [2.05, 4.69) is 12.8 Å². The molecule has 27 heavy (non-hydrogen) atoms. The third-order valence-corrected chi connectivity index (χ3v) is 4.81. The van der Waals surface area contributed by atoms with E-state index in [1.165, 1.54) is 71.3 Å². The van der Waals surface area contributed by atoms with Crippen LogP contribution in [0.15, 0.2) is 18.2 Å². The molecule has 0 radical (unpaired) electrons. The lowest BCUT2D eigenvalue weighted by atomic mass is 10.1. The van der Waals surface area contributed by atoms with Gasteiger partial charge in [0.15, 0.2) is 0 Å². The highest BCUT2D eigenvalue weighted by molar-refractivity contribution is 5.92. The number of carbonyl (C=O) groups excluding carboxylic acids is 1. The van der Waals surface area contributed by atoms with Crippen molar-refractivity contribution in [3.05, 3.63) is 29.3 Å². The van der Waals surface area contributed by atoms with Crippen LogP contribution in [0.4, 0.5) is 0 Å². The molecule has 3 heteroatoms.